The van der Waals surface area contributed by atoms with Gasteiger partial charge in [0.25, 0.3) is 5.91 Å². The molecule has 118 valence electrons. The third kappa shape index (κ3) is 2.78. The number of amides is 3. The van der Waals surface area contributed by atoms with E-state index in [1.54, 1.807) is 18.2 Å². The number of carbonyl (C=O) groups excluding carboxylic acids is 2. The molecule has 7 nitrogen and oxygen atoms in total. The molecule has 1 aromatic carbocycles. The van der Waals surface area contributed by atoms with Crippen molar-refractivity contribution in [1.82, 2.24) is 9.80 Å². The van der Waals surface area contributed by atoms with Crippen LogP contribution in [0.4, 0.5) is 4.79 Å². The predicted octanol–water partition coefficient (Wildman–Crippen LogP) is 0.822. The fraction of sp³-hybridized carbons (Fsp3) is 0.429. The number of rotatable bonds is 5. The first-order valence-electron chi connectivity index (χ1n) is 7.07. The number of hydrogen-bond acceptors (Lipinski definition) is 5. The van der Waals surface area contributed by atoms with Gasteiger partial charge in [0.1, 0.15) is 17.5 Å². The average Bonchev–Trinajstić information content (AvgIpc) is 3.03. The lowest BCUT2D eigenvalue weighted by Gasteiger charge is -2.15. The second-order valence-corrected chi connectivity index (χ2v) is 6.97. The van der Waals surface area contributed by atoms with Gasteiger partial charge in [-0.2, -0.15) is 8.42 Å². The molecule has 0 aliphatic carbocycles. The third-order valence-corrected chi connectivity index (χ3v) is 4.94. The monoisotopic (exact) mass is 324 g/mol. The number of para-hydroxylation sites is 1. The number of hydrogen-bond donors (Lipinski definition) is 0. The van der Waals surface area contributed by atoms with E-state index in [1.807, 2.05) is 0 Å². The Hall–Kier alpha value is -2.09. The Balaban J connectivity index is 1.62. The van der Waals surface area contributed by atoms with Crippen molar-refractivity contribution >= 4 is 22.1 Å². The summed E-state index contributed by atoms with van der Waals surface area (Å²) < 4.78 is 28.8. The van der Waals surface area contributed by atoms with Gasteiger partial charge in [0, 0.05) is 13.1 Å². The minimum absolute atomic E-state index is 0.181. The average molecular weight is 324 g/mol. The number of urea groups is 1. The van der Waals surface area contributed by atoms with Crippen molar-refractivity contribution in [3.05, 3.63) is 30.3 Å². The van der Waals surface area contributed by atoms with E-state index in [2.05, 4.69) is 0 Å². The maximum atomic E-state index is 12.1. The van der Waals surface area contributed by atoms with Gasteiger partial charge in [-0.25, -0.2) is 4.79 Å². The maximum Gasteiger partial charge on any atom is 0.327 e. The molecule has 0 N–H and O–H groups in total. The van der Waals surface area contributed by atoms with Crippen LogP contribution in [0.3, 0.4) is 0 Å². The van der Waals surface area contributed by atoms with Gasteiger partial charge in [-0.3, -0.25) is 9.69 Å². The molecule has 0 saturated carbocycles. The molecule has 2 aliphatic heterocycles. The normalized spacial score (nSPS) is 21.4. The molecule has 22 heavy (non-hydrogen) atoms. The van der Waals surface area contributed by atoms with Crippen molar-refractivity contribution in [1.29, 1.82) is 0 Å². The first-order chi connectivity index (χ1) is 10.5. The number of benzene rings is 1. The molecular formula is C14H16N2O5S. The lowest BCUT2D eigenvalue weighted by atomic mass is 10.2. The topological polar surface area (TPSA) is 84.0 Å². The molecule has 0 spiro atoms. The van der Waals surface area contributed by atoms with E-state index in [1.165, 1.54) is 17.0 Å². The maximum absolute atomic E-state index is 12.1. The van der Waals surface area contributed by atoms with Gasteiger partial charge in [0.2, 0.25) is 0 Å². The molecule has 2 saturated heterocycles. The Morgan fingerprint density at radius 1 is 1.18 bits per heavy atom. The number of imide groups is 1. The molecule has 2 aliphatic rings. The zero-order valence-electron chi connectivity index (χ0n) is 11.8. The highest BCUT2D eigenvalue weighted by atomic mass is 32.2. The number of nitrogens with zero attached hydrogens (tertiary/aromatic N) is 2. The lowest BCUT2D eigenvalue weighted by molar-refractivity contribution is -0.127. The highest BCUT2D eigenvalue weighted by Gasteiger charge is 2.47. The number of fused-ring (bicyclic) bond motifs is 1. The quantitative estimate of drug-likeness (QED) is 0.591. The number of carbonyl (C=O) groups is 2. The molecule has 2 heterocycles. The van der Waals surface area contributed by atoms with Crippen LogP contribution in [0.15, 0.2) is 30.3 Å². The molecule has 8 heteroatoms. The molecule has 1 unspecified atom stereocenters. The molecule has 0 radical (unpaired) electrons. The van der Waals surface area contributed by atoms with Crippen molar-refractivity contribution in [3.63, 3.8) is 0 Å². The van der Waals surface area contributed by atoms with Gasteiger partial charge < -0.3 is 9.08 Å². The van der Waals surface area contributed by atoms with E-state index in [0.717, 1.165) is 11.3 Å². The standard InChI is InChI=1S/C14H16N2O5S/c17-13-12-7-4-8-15(12)14(18)16(13)9-10-22(19,20)21-11-5-2-1-3-6-11/h1-3,5-6,12H,4,7-10H2. The Bertz CT molecular complexity index is 666. The molecule has 3 amide bonds. The van der Waals surface area contributed by atoms with Crippen LogP contribution in [0, 0.1) is 0 Å². The largest absolute Gasteiger partial charge is 0.382 e. The summed E-state index contributed by atoms with van der Waals surface area (Å²) in [6, 6.07) is 7.31. The van der Waals surface area contributed by atoms with E-state index in [9.17, 15) is 18.0 Å². The second-order valence-electron chi connectivity index (χ2n) is 5.28. The second kappa shape index (κ2) is 5.60. The van der Waals surface area contributed by atoms with Crippen LogP contribution in [0.1, 0.15) is 12.8 Å². The van der Waals surface area contributed by atoms with Crippen molar-refractivity contribution < 1.29 is 22.2 Å². The summed E-state index contributed by atoms with van der Waals surface area (Å²) in [7, 11) is -3.86. The highest BCUT2D eigenvalue weighted by Crippen LogP contribution is 2.27. The van der Waals surface area contributed by atoms with Gasteiger partial charge in [-0.05, 0) is 25.0 Å². The van der Waals surface area contributed by atoms with Crippen LogP contribution < -0.4 is 4.18 Å². The minimum Gasteiger partial charge on any atom is -0.382 e. The van der Waals surface area contributed by atoms with Crippen LogP contribution in [0.5, 0.6) is 5.75 Å². The fourth-order valence-corrected chi connectivity index (χ4v) is 3.65. The summed E-state index contributed by atoms with van der Waals surface area (Å²) in [4.78, 5) is 26.7. The van der Waals surface area contributed by atoms with Crippen LogP contribution in [-0.4, -0.2) is 55.0 Å². The van der Waals surface area contributed by atoms with Gasteiger partial charge in [0.15, 0.2) is 0 Å². The fourth-order valence-electron chi connectivity index (χ4n) is 2.75. The Morgan fingerprint density at radius 3 is 2.59 bits per heavy atom. The van der Waals surface area contributed by atoms with Gasteiger partial charge in [0.05, 0.1) is 0 Å². The summed E-state index contributed by atoms with van der Waals surface area (Å²) in [5.74, 6) is -0.514. The molecule has 3 rings (SSSR count). The minimum atomic E-state index is -3.86. The van der Waals surface area contributed by atoms with Crippen LogP contribution in [0.2, 0.25) is 0 Å². The Kier molecular flexibility index (Phi) is 3.78. The molecular weight excluding hydrogens is 308 g/mol. The molecule has 1 aromatic rings. The summed E-state index contributed by atoms with van der Waals surface area (Å²) in [6.07, 6.45) is 1.46. The molecule has 2 fully saturated rings. The van der Waals surface area contributed by atoms with E-state index in [-0.39, 0.29) is 18.2 Å². The van der Waals surface area contributed by atoms with E-state index in [0.29, 0.717) is 13.0 Å². The van der Waals surface area contributed by atoms with Crippen molar-refractivity contribution in [2.45, 2.75) is 18.9 Å². The van der Waals surface area contributed by atoms with Gasteiger partial charge in [-0.15, -0.1) is 0 Å². The van der Waals surface area contributed by atoms with Crippen LogP contribution in [-0.2, 0) is 14.9 Å². The van der Waals surface area contributed by atoms with E-state index in [4.69, 9.17) is 4.18 Å². The van der Waals surface area contributed by atoms with E-state index < -0.39 is 27.9 Å². The molecule has 0 bridgehead atoms. The van der Waals surface area contributed by atoms with Crippen LogP contribution >= 0.6 is 0 Å². The Labute approximate surface area is 128 Å². The zero-order chi connectivity index (χ0) is 15.7. The first kappa shape index (κ1) is 14.8. The lowest BCUT2D eigenvalue weighted by Crippen LogP contribution is -2.37. The zero-order valence-corrected chi connectivity index (χ0v) is 12.7. The molecule has 0 aromatic heterocycles. The van der Waals surface area contributed by atoms with Gasteiger partial charge >= 0.3 is 16.1 Å². The smallest absolute Gasteiger partial charge is 0.327 e. The summed E-state index contributed by atoms with van der Waals surface area (Å²) in [6.45, 7) is 0.374. The highest BCUT2D eigenvalue weighted by molar-refractivity contribution is 7.87. The van der Waals surface area contributed by atoms with Crippen molar-refractivity contribution in [2.24, 2.45) is 0 Å². The van der Waals surface area contributed by atoms with Crippen LogP contribution in [0.25, 0.3) is 0 Å². The SMILES string of the molecule is O=C1C2CCCN2C(=O)N1CCS(=O)(=O)Oc1ccccc1. The summed E-state index contributed by atoms with van der Waals surface area (Å²) in [5, 5.41) is 0. The van der Waals surface area contributed by atoms with Gasteiger partial charge in [-0.1, -0.05) is 18.2 Å². The Morgan fingerprint density at radius 2 is 1.91 bits per heavy atom. The summed E-state index contributed by atoms with van der Waals surface area (Å²) >= 11 is 0. The third-order valence-electron chi connectivity index (χ3n) is 3.81. The predicted molar refractivity (Wildman–Crippen MR) is 77.7 cm³/mol. The first-order valence-corrected chi connectivity index (χ1v) is 8.65. The van der Waals surface area contributed by atoms with Crippen molar-refractivity contribution in [3.8, 4) is 5.75 Å². The summed E-state index contributed by atoms with van der Waals surface area (Å²) in [5.41, 5.74) is 0. The molecule has 1 atom stereocenters. The van der Waals surface area contributed by atoms with Crippen molar-refractivity contribution in [2.75, 3.05) is 18.8 Å². The van der Waals surface area contributed by atoms with E-state index >= 15 is 0 Å².